The fourth-order valence-corrected chi connectivity index (χ4v) is 3.85. The van der Waals surface area contributed by atoms with Gasteiger partial charge in [-0.05, 0) is 98.0 Å². The average Bonchev–Trinajstić information content (AvgIpc) is 2.69. The van der Waals surface area contributed by atoms with Crippen LogP contribution in [0.5, 0.6) is 5.75 Å². The van der Waals surface area contributed by atoms with Gasteiger partial charge in [0.25, 0.3) is 0 Å². The minimum Gasteiger partial charge on any atom is -0.494 e. The Morgan fingerprint density at radius 2 is 1.04 bits per heavy atom. The summed E-state index contributed by atoms with van der Waals surface area (Å²) >= 11 is 0. The van der Waals surface area contributed by atoms with Crippen LogP contribution in [0.2, 0.25) is 0 Å². The lowest BCUT2D eigenvalue weighted by Crippen LogP contribution is -1.96. The van der Waals surface area contributed by atoms with Gasteiger partial charge in [-0.3, -0.25) is 0 Å². The molecule has 0 bridgehead atoms. The summed E-state index contributed by atoms with van der Waals surface area (Å²) in [6.45, 7) is 2.97. The number of benzene rings is 5. The molecule has 0 spiro atoms. The van der Waals surface area contributed by atoms with Crippen molar-refractivity contribution in [3.63, 3.8) is 0 Å². The van der Waals surface area contributed by atoms with Crippen molar-refractivity contribution in [2.75, 3.05) is 6.61 Å². The van der Waals surface area contributed by atoms with E-state index in [1.165, 1.54) is 43.1 Å². The molecule has 0 aliphatic carbocycles. The van der Waals surface area contributed by atoms with Crippen LogP contribution in [0, 0.1) is 0 Å². The maximum atomic E-state index is 5.89. The second-order valence-corrected chi connectivity index (χ2v) is 7.31. The van der Waals surface area contributed by atoms with E-state index in [9.17, 15) is 0 Å². The van der Waals surface area contributed by atoms with E-state index in [-0.39, 0.29) is 0 Å². The van der Waals surface area contributed by atoms with Crippen LogP contribution < -0.4 is 4.74 Å². The molecule has 1 nitrogen and oxygen atoms in total. The Morgan fingerprint density at radius 1 is 0.556 bits per heavy atom. The van der Waals surface area contributed by atoms with Crippen LogP contribution in [0.1, 0.15) is 19.8 Å². The van der Waals surface area contributed by atoms with Crippen LogP contribution in [0.25, 0.3) is 43.1 Å². The Morgan fingerprint density at radius 3 is 1.59 bits per heavy atom. The zero-order valence-corrected chi connectivity index (χ0v) is 15.5. The summed E-state index contributed by atoms with van der Waals surface area (Å²) in [7, 11) is 0. The number of rotatable bonds is 4. The molecule has 0 N–H and O–H groups in total. The average molecular weight is 350 g/mol. The summed E-state index contributed by atoms with van der Waals surface area (Å²) < 4.78 is 5.89. The van der Waals surface area contributed by atoms with Crippen molar-refractivity contribution >= 4 is 43.1 Å². The quantitative estimate of drug-likeness (QED) is 0.241. The fraction of sp³-hybridized carbons (Fsp3) is 0.154. The molecule has 0 aliphatic heterocycles. The molecule has 0 unspecified atom stereocenters. The normalized spacial score (nSPS) is 11.6. The van der Waals surface area contributed by atoms with Gasteiger partial charge in [0.2, 0.25) is 0 Å². The van der Waals surface area contributed by atoms with E-state index in [1.807, 2.05) is 0 Å². The van der Waals surface area contributed by atoms with E-state index in [2.05, 4.69) is 85.8 Å². The van der Waals surface area contributed by atoms with Crippen LogP contribution in [-0.2, 0) is 0 Å². The fourth-order valence-electron chi connectivity index (χ4n) is 3.85. The predicted molar refractivity (Wildman–Crippen MR) is 117 cm³/mol. The molecule has 0 amide bonds. The Kier molecular flexibility index (Phi) is 3.94. The van der Waals surface area contributed by atoms with Gasteiger partial charge in [-0.2, -0.15) is 0 Å². The van der Waals surface area contributed by atoms with Crippen LogP contribution in [0.15, 0.2) is 78.9 Å². The maximum absolute atomic E-state index is 5.89. The number of hydrogen-bond donors (Lipinski definition) is 0. The van der Waals surface area contributed by atoms with E-state index in [0.717, 1.165) is 25.2 Å². The molecule has 5 aromatic rings. The van der Waals surface area contributed by atoms with Gasteiger partial charge in [0.15, 0.2) is 0 Å². The molecule has 0 fully saturated rings. The molecule has 27 heavy (non-hydrogen) atoms. The topological polar surface area (TPSA) is 9.23 Å². The molecule has 1 heteroatoms. The summed E-state index contributed by atoms with van der Waals surface area (Å²) in [6.07, 6.45) is 2.25. The van der Waals surface area contributed by atoms with Crippen LogP contribution in [0.4, 0.5) is 0 Å². The minimum absolute atomic E-state index is 0.785. The summed E-state index contributed by atoms with van der Waals surface area (Å²) in [4.78, 5) is 0. The lowest BCUT2D eigenvalue weighted by molar-refractivity contribution is 0.310. The van der Waals surface area contributed by atoms with E-state index in [0.29, 0.717) is 0 Å². The highest BCUT2D eigenvalue weighted by molar-refractivity contribution is 6.08. The number of ether oxygens (including phenoxy) is 1. The second kappa shape index (κ2) is 6.59. The number of fused-ring (bicyclic) bond motifs is 4. The molecule has 0 saturated heterocycles. The number of unbranched alkanes of at least 4 members (excludes halogenated alkanes) is 1. The standard InChI is InChI=1S/C26H22O/c1-2-3-10-27-26-9-8-20-13-23-14-21-11-18-6-4-5-7-19(18)12-22(21)15-24(23)16-25(20)17-26/h4-9,11-17H,2-3,10H2,1H3. The largest absolute Gasteiger partial charge is 0.494 e. The lowest BCUT2D eigenvalue weighted by atomic mass is 9.97. The second-order valence-electron chi connectivity index (χ2n) is 7.31. The first kappa shape index (κ1) is 16.1. The van der Waals surface area contributed by atoms with Gasteiger partial charge in [0, 0.05) is 0 Å². The van der Waals surface area contributed by atoms with Gasteiger partial charge in [-0.1, -0.05) is 43.7 Å². The minimum atomic E-state index is 0.785. The van der Waals surface area contributed by atoms with E-state index in [4.69, 9.17) is 4.74 Å². The molecule has 5 rings (SSSR count). The highest BCUT2D eigenvalue weighted by Gasteiger charge is 2.04. The van der Waals surface area contributed by atoms with E-state index in [1.54, 1.807) is 0 Å². The molecular weight excluding hydrogens is 328 g/mol. The number of hydrogen-bond acceptors (Lipinski definition) is 1. The Bertz CT molecular complexity index is 1280. The Hall–Kier alpha value is -3.06. The zero-order valence-electron chi connectivity index (χ0n) is 15.5. The third kappa shape index (κ3) is 3.00. The van der Waals surface area contributed by atoms with Crippen molar-refractivity contribution in [1.29, 1.82) is 0 Å². The van der Waals surface area contributed by atoms with Gasteiger partial charge in [-0.15, -0.1) is 0 Å². The van der Waals surface area contributed by atoms with Gasteiger partial charge in [0.05, 0.1) is 6.61 Å². The van der Waals surface area contributed by atoms with Crippen molar-refractivity contribution < 1.29 is 4.74 Å². The maximum Gasteiger partial charge on any atom is 0.119 e. The Labute approximate surface area is 159 Å². The summed E-state index contributed by atoms with van der Waals surface area (Å²) in [5.74, 6) is 0.960. The third-order valence-corrected chi connectivity index (χ3v) is 5.35. The van der Waals surface area contributed by atoms with Gasteiger partial charge < -0.3 is 4.74 Å². The highest BCUT2D eigenvalue weighted by atomic mass is 16.5. The lowest BCUT2D eigenvalue weighted by Gasteiger charge is -2.09. The summed E-state index contributed by atoms with van der Waals surface area (Å²) in [5.41, 5.74) is 0. The van der Waals surface area contributed by atoms with Crippen molar-refractivity contribution in [2.24, 2.45) is 0 Å². The van der Waals surface area contributed by atoms with Gasteiger partial charge in [0.1, 0.15) is 5.75 Å². The first-order valence-corrected chi connectivity index (χ1v) is 9.73. The molecule has 0 saturated carbocycles. The summed E-state index contributed by atoms with van der Waals surface area (Å²) in [6, 6.07) is 28.7. The Balaban J connectivity index is 1.66. The SMILES string of the molecule is CCCCOc1ccc2cc3cc4cc5ccccc5cc4cc3cc2c1. The predicted octanol–water partition coefficient (Wildman–Crippen LogP) is 7.48. The van der Waals surface area contributed by atoms with Gasteiger partial charge in [-0.25, -0.2) is 0 Å². The van der Waals surface area contributed by atoms with Crippen LogP contribution in [-0.4, -0.2) is 6.61 Å². The van der Waals surface area contributed by atoms with Crippen molar-refractivity contribution in [2.45, 2.75) is 19.8 Å². The van der Waals surface area contributed by atoms with E-state index < -0.39 is 0 Å². The smallest absolute Gasteiger partial charge is 0.119 e. The van der Waals surface area contributed by atoms with Gasteiger partial charge >= 0.3 is 0 Å². The van der Waals surface area contributed by atoms with E-state index >= 15 is 0 Å². The molecule has 0 radical (unpaired) electrons. The molecule has 132 valence electrons. The van der Waals surface area contributed by atoms with Crippen LogP contribution >= 0.6 is 0 Å². The molecule has 0 aromatic heterocycles. The zero-order chi connectivity index (χ0) is 18.2. The first-order chi connectivity index (χ1) is 13.3. The summed E-state index contributed by atoms with van der Waals surface area (Å²) in [5, 5.41) is 10.2. The highest BCUT2D eigenvalue weighted by Crippen LogP contribution is 2.31. The van der Waals surface area contributed by atoms with Crippen molar-refractivity contribution in [1.82, 2.24) is 0 Å². The first-order valence-electron chi connectivity index (χ1n) is 9.73. The molecule has 0 heterocycles. The molecular formula is C26H22O. The molecule has 0 atom stereocenters. The third-order valence-electron chi connectivity index (χ3n) is 5.35. The monoisotopic (exact) mass is 350 g/mol. The van der Waals surface area contributed by atoms with Crippen LogP contribution in [0.3, 0.4) is 0 Å². The van der Waals surface area contributed by atoms with Crippen molar-refractivity contribution in [3.8, 4) is 5.75 Å². The molecule has 0 aliphatic rings. The van der Waals surface area contributed by atoms with Crippen molar-refractivity contribution in [3.05, 3.63) is 78.9 Å². The molecule has 5 aromatic carbocycles.